The lowest BCUT2D eigenvalue weighted by Gasteiger charge is -2.33. The molecule has 0 bridgehead atoms. The number of nitrogens with zero attached hydrogens (tertiary/aromatic N) is 2. The Labute approximate surface area is 110 Å². The van der Waals surface area contributed by atoms with Crippen LogP contribution < -0.4 is 10.2 Å². The summed E-state index contributed by atoms with van der Waals surface area (Å²) in [5, 5.41) is 3.32. The van der Waals surface area contributed by atoms with Gasteiger partial charge in [0.05, 0.1) is 5.69 Å². The highest BCUT2D eigenvalue weighted by molar-refractivity contribution is 5.32. The highest BCUT2D eigenvalue weighted by Crippen LogP contribution is 2.22. The first-order chi connectivity index (χ1) is 8.34. The average Bonchev–Trinajstić information content (AvgIpc) is 2.69. The van der Waals surface area contributed by atoms with E-state index in [9.17, 15) is 0 Å². The van der Waals surface area contributed by atoms with Gasteiger partial charge in [0, 0.05) is 24.7 Å². The number of hydrogen-bond acceptors (Lipinski definition) is 4. The maximum absolute atomic E-state index is 5.57. The molecule has 18 heavy (non-hydrogen) atoms. The van der Waals surface area contributed by atoms with Crippen LogP contribution in [0.3, 0.4) is 0 Å². The Morgan fingerprint density at radius 3 is 2.67 bits per heavy atom. The summed E-state index contributed by atoms with van der Waals surface area (Å²) >= 11 is 0. The van der Waals surface area contributed by atoms with Crippen LogP contribution >= 0.6 is 0 Å². The van der Waals surface area contributed by atoms with Crippen LogP contribution in [-0.2, 0) is 6.54 Å². The zero-order valence-corrected chi connectivity index (χ0v) is 12.2. The van der Waals surface area contributed by atoms with E-state index >= 15 is 0 Å². The molecule has 1 aromatic rings. The number of oxazole rings is 1. The van der Waals surface area contributed by atoms with Gasteiger partial charge in [-0.05, 0) is 20.8 Å². The molecule has 0 aliphatic heterocycles. The van der Waals surface area contributed by atoms with E-state index in [0.717, 1.165) is 18.8 Å². The van der Waals surface area contributed by atoms with Crippen molar-refractivity contribution in [1.82, 2.24) is 10.3 Å². The second-order valence-corrected chi connectivity index (χ2v) is 5.73. The predicted molar refractivity (Wildman–Crippen MR) is 75.8 cm³/mol. The number of rotatable bonds is 6. The van der Waals surface area contributed by atoms with Crippen molar-refractivity contribution in [1.29, 1.82) is 0 Å². The van der Waals surface area contributed by atoms with E-state index in [4.69, 9.17) is 4.42 Å². The molecular weight excluding hydrogens is 226 g/mol. The van der Waals surface area contributed by atoms with Gasteiger partial charge in [0.15, 0.2) is 0 Å². The maximum Gasteiger partial charge on any atom is 0.298 e. The van der Waals surface area contributed by atoms with Crippen molar-refractivity contribution in [2.75, 3.05) is 11.4 Å². The van der Waals surface area contributed by atoms with E-state index in [0.29, 0.717) is 12.1 Å². The maximum atomic E-state index is 5.57. The lowest BCUT2D eigenvalue weighted by molar-refractivity contribution is 0.451. The Balaban J connectivity index is 2.78. The van der Waals surface area contributed by atoms with Gasteiger partial charge in [-0.1, -0.05) is 19.9 Å². The quantitative estimate of drug-likeness (QED) is 0.789. The van der Waals surface area contributed by atoms with Gasteiger partial charge in [0.25, 0.3) is 6.01 Å². The Morgan fingerprint density at radius 1 is 1.50 bits per heavy atom. The van der Waals surface area contributed by atoms with Crippen LogP contribution in [0.25, 0.3) is 0 Å². The van der Waals surface area contributed by atoms with Crippen LogP contribution in [0.5, 0.6) is 0 Å². The molecule has 0 unspecified atom stereocenters. The minimum absolute atomic E-state index is 0.0399. The monoisotopic (exact) mass is 251 g/mol. The molecule has 0 fully saturated rings. The van der Waals surface area contributed by atoms with Crippen LogP contribution in [0.1, 0.15) is 40.3 Å². The number of aromatic nitrogens is 1. The molecule has 0 aliphatic carbocycles. The summed E-state index contributed by atoms with van der Waals surface area (Å²) in [5.74, 6) is 0. The van der Waals surface area contributed by atoms with Gasteiger partial charge in [-0.2, -0.15) is 4.98 Å². The highest BCUT2D eigenvalue weighted by Gasteiger charge is 2.24. The molecule has 4 heteroatoms. The Bertz CT molecular complexity index is 377. The van der Waals surface area contributed by atoms with Crippen LogP contribution in [0.15, 0.2) is 23.3 Å². The van der Waals surface area contributed by atoms with Gasteiger partial charge in [-0.25, -0.2) is 0 Å². The average molecular weight is 251 g/mol. The molecule has 1 N–H and O–H groups in total. The molecule has 1 heterocycles. The van der Waals surface area contributed by atoms with Crippen LogP contribution in [0, 0.1) is 0 Å². The van der Waals surface area contributed by atoms with Crippen LogP contribution in [0.2, 0.25) is 0 Å². The van der Waals surface area contributed by atoms with Crippen molar-refractivity contribution in [2.45, 2.75) is 52.7 Å². The fourth-order valence-corrected chi connectivity index (χ4v) is 1.58. The summed E-state index contributed by atoms with van der Waals surface area (Å²) in [6.45, 7) is 15.9. The third kappa shape index (κ3) is 4.18. The second kappa shape index (κ2) is 6.05. The first-order valence-electron chi connectivity index (χ1n) is 6.41. The Hall–Kier alpha value is -1.29. The summed E-state index contributed by atoms with van der Waals surface area (Å²) in [4.78, 5) is 6.61. The molecule has 1 aromatic heterocycles. The smallest absolute Gasteiger partial charge is 0.298 e. The molecule has 0 saturated carbocycles. The van der Waals surface area contributed by atoms with Crippen molar-refractivity contribution in [3.8, 4) is 0 Å². The standard InChI is InChI=1S/C14H25N3O/c1-7-8-17(14(4,5)6)13-16-12(10-18-13)9-15-11(2)3/h7,10-11,15H,1,8-9H2,2-6H3. The van der Waals surface area contributed by atoms with E-state index in [-0.39, 0.29) is 5.54 Å². The minimum atomic E-state index is -0.0399. The van der Waals surface area contributed by atoms with Gasteiger partial charge in [0.2, 0.25) is 0 Å². The molecule has 0 radical (unpaired) electrons. The lowest BCUT2D eigenvalue weighted by Crippen LogP contribution is -2.41. The van der Waals surface area contributed by atoms with Gasteiger partial charge in [-0.3, -0.25) is 0 Å². The predicted octanol–water partition coefficient (Wildman–Crippen LogP) is 2.96. The Morgan fingerprint density at radius 2 is 2.17 bits per heavy atom. The number of nitrogens with one attached hydrogen (secondary N) is 1. The summed E-state index contributed by atoms with van der Waals surface area (Å²) < 4.78 is 5.57. The van der Waals surface area contributed by atoms with Crippen LogP contribution in [0.4, 0.5) is 6.01 Å². The molecule has 0 aromatic carbocycles. The van der Waals surface area contributed by atoms with E-state index in [2.05, 4.69) is 56.4 Å². The third-order valence-electron chi connectivity index (χ3n) is 2.58. The molecular formula is C14H25N3O. The summed E-state index contributed by atoms with van der Waals surface area (Å²) in [6, 6.07) is 1.10. The third-order valence-corrected chi connectivity index (χ3v) is 2.58. The largest absolute Gasteiger partial charge is 0.432 e. The zero-order valence-electron chi connectivity index (χ0n) is 12.2. The zero-order chi connectivity index (χ0) is 13.8. The molecule has 0 amide bonds. The molecule has 0 spiro atoms. The highest BCUT2D eigenvalue weighted by atomic mass is 16.4. The SMILES string of the molecule is C=CCN(c1nc(CNC(C)C)co1)C(C)(C)C. The van der Waals surface area contributed by atoms with E-state index in [1.165, 1.54) is 0 Å². The Kier molecular flexibility index (Phi) is 4.96. The number of anilines is 1. The fourth-order valence-electron chi connectivity index (χ4n) is 1.58. The molecule has 0 atom stereocenters. The molecule has 4 nitrogen and oxygen atoms in total. The van der Waals surface area contributed by atoms with Gasteiger partial charge >= 0.3 is 0 Å². The van der Waals surface area contributed by atoms with Crippen LogP contribution in [-0.4, -0.2) is 23.1 Å². The first kappa shape index (κ1) is 14.8. The normalized spacial score (nSPS) is 11.9. The fraction of sp³-hybridized carbons (Fsp3) is 0.643. The van der Waals surface area contributed by atoms with Gasteiger partial charge in [-0.15, -0.1) is 6.58 Å². The van der Waals surface area contributed by atoms with Crippen molar-refractivity contribution in [2.24, 2.45) is 0 Å². The summed E-state index contributed by atoms with van der Waals surface area (Å²) in [7, 11) is 0. The molecule has 0 saturated heterocycles. The van der Waals surface area contributed by atoms with E-state index < -0.39 is 0 Å². The molecule has 1 rings (SSSR count). The van der Waals surface area contributed by atoms with Crippen molar-refractivity contribution < 1.29 is 4.42 Å². The lowest BCUT2D eigenvalue weighted by atomic mass is 10.1. The summed E-state index contributed by atoms with van der Waals surface area (Å²) in [6.07, 6.45) is 3.58. The first-order valence-corrected chi connectivity index (χ1v) is 6.41. The summed E-state index contributed by atoms with van der Waals surface area (Å²) in [5.41, 5.74) is 0.888. The van der Waals surface area contributed by atoms with E-state index in [1.807, 2.05) is 6.08 Å². The second-order valence-electron chi connectivity index (χ2n) is 5.73. The topological polar surface area (TPSA) is 41.3 Å². The van der Waals surface area contributed by atoms with Gasteiger partial charge in [0.1, 0.15) is 6.26 Å². The molecule has 102 valence electrons. The van der Waals surface area contributed by atoms with Crippen molar-refractivity contribution in [3.05, 3.63) is 24.6 Å². The molecule has 0 aliphatic rings. The van der Waals surface area contributed by atoms with Crippen molar-refractivity contribution >= 4 is 6.01 Å². The number of hydrogen-bond donors (Lipinski definition) is 1. The van der Waals surface area contributed by atoms with Gasteiger partial charge < -0.3 is 14.6 Å². The minimum Gasteiger partial charge on any atom is -0.432 e. The van der Waals surface area contributed by atoms with E-state index in [1.54, 1.807) is 6.26 Å². The van der Waals surface area contributed by atoms with Crippen molar-refractivity contribution in [3.63, 3.8) is 0 Å².